The van der Waals surface area contributed by atoms with E-state index in [4.69, 9.17) is 37.4 Å². The molecule has 1 saturated heterocycles. The number of nitrogens with zero attached hydrogens (tertiary/aromatic N) is 2. The third kappa shape index (κ3) is 5.00. The monoisotopic (exact) mass is 632 g/mol. The van der Waals surface area contributed by atoms with Crippen molar-refractivity contribution in [2.45, 2.75) is 57.6 Å². The summed E-state index contributed by atoms with van der Waals surface area (Å²) in [5, 5.41) is 9.16. The summed E-state index contributed by atoms with van der Waals surface area (Å²) >= 11 is 13.5. The minimum Gasteiger partial charge on any atom is -0.497 e. The molecule has 8 nitrogen and oxygen atoms in total. The van der Waals surface area contributed by atoms with Crippen molar-refractivity contribution < 1.29 is 19.0 Å². The second-order valence-corrected chi connectivity index (χ2v) is 13.2. The lowest BCUT2D eigenvalue weighted by atomic mass is 10.0. The maximum atomic E-state index is 12.9. The number of carbonyl (C=O) groups is 1. The van der Waals surface area contributed by atoms with E-state index in [0.717, 1.165) is 57.6 Å². The molecule has 2 N–H and O–H groups in total. The van der Waals surface area contributed by atoms with E-state index >= 15 is 0 Å². The largest absolute Gasteiger partial charge is 0.497 e. The van der Waals surface area contributed by atoms with Crippen LogP contribution >= 0.6 is 23.2 Å². The molecule has 10 heteroatoms. The summed E-state index contributed by atoms with van der Waals surface area (Å²) < 4.78 is 20.1. The predicted octanol–water partition coefficient (Wildman–Crippen LogP) is 7.78. The van der Waals surface area contributed by atoms with Gasteiger partial charge in [-0.1, -0.05) is 41.4 Å². The Labute approximate surface area is 266 Å². The first-order valence-electron chi connectivity index (χ1n) is 14.8. The van der Waals surface area contributed by atoms with Crippen LogP contribution in [0.2, 0.25) is 10.0 Å². The van der Waals surface area contributed by atoms with Crippen LogP contribution in [0.25, 0.3) is 27.9 Å². The summed E-state index contributed by atoms with van der Waals surface area (Å²) in [6.45, 7) is 6.34. The molecule has 1 fully saturated rings. The number of rotatable bonds is 4. The van der Waals surface area contributed by atoms with E-state index in [0.29, 0.717) is 22.3 Å². The second-order valence-electron chi connectivity index (χ2n) is 12.4. The molecule has 0 spiro atoms. The second kappa shape index (κ2) is 10.9. The summed E-state index contributed by atoms with van der Waals surface area (Å²) in [6.07, 6.45) is 2.87. The molecule has 4 heterocycles. The zero-order valence-corrected chi connectivity index (χ0v) is 26.5. The molecule has 3 aliphatic rings. The molecule has 3 aliphatic heterocycles. The number of likely N-dealkylation sites (tertiary alicyclic amines) is 1. The fraction of sp³-hybridized carbons (Fsp3) is 0.324. The molecule has 0 aliphatic carbocycles. The molecule has 1 amide bonds. The lowest BCUT2D eigenvalue weighted by Gasteiger charge is -2.32. The zero-order valence-electron chi connectivity index (χ0n) is 25.0. The first kappa shape index (κ1) is 28.7. The van der Waals surface area contributed by atoms with Gasteiger partial charge >= 0.3 is 6.09 Å². The van der Waals surface area contributed by atoms with Crippen molar-refractivity contribution in [3.8, 4) is 22.8 Å². The normalized spacial score (nSPS) is 20.7. The van der Waals surface area contributed by atoms with Crippen LogP contribution in [0, 0.1) is 0 Å². The van der Waals surface area contributed by atoms with Gasteiger partial charge in [-0.3, -0.25) is 4.57 Å². The summed E-state index contributed by atoms with van der Waals surface area (Å²) in [7, 11) is 1.65. The van der Waals surface area contributed by atoms with Crippen molar-refractivity contribution in [2.24, 2.45) is 0 Å². The molecule has 228 valence electrons. The van der Waals surface area contributed by atoms with Crippen LogP contribution < -0.4 is 20.1 Å². The number of fused-ring (bicyclic) bond motifs is 5. The Morgan fingerprint density at radius 1 is 1.07 bits per heavy atom. The van der Waals surface area contributed by atoms with Gasteiger partial charge in [-0.05, 0) is 76.1 Å². The molecule has 0 bridgehead atoms. The standard InChI is InChI=1S/C34H34Cl2N4O4/c1-34(2,3)44-33(41)39-14-6-9-27(39)31-37-18-25(38-31)19-10-12-23-28(16-19)43-32(20-7-5-8-22(15-20)42-4)40-26-13-11-21(35)17-24(26)29(36)30(23)40/h5,7-8,10-13,15-18,27,31-32,37-38H,6,9,14H2,1-4H3. The predicted molar refractivity (Wildman–Crippen MR) is 173 cm³/mol. The van der Waals surface area contributed by atoms with Crippen molar-refractivity contribution >= 4 is 45.9 Å². The molecule has 3 atom stereocenters. The van der Waals surface area contributed by atoms with Crippen molar-refractivity contribution in [3.63, 3.8) is 0 Å². The van der Waals surface area contributed by atoms with E-state index in [1.807, 2.05) is 86.5 Å². The number of amides is 1. The quantitative estimate of drug-likeness (QED) is 0.239. The van der Waals surface area contributed by atoms with Gasteiger partial charge in [0.2, 0.25) is 6.23 Å². The average molecular weight is 634 g/mol. The van der Waals surface area contributed by atoms with Crippen molar-refractivity contribution in [1.29, 1.82) is 0 Å². The Bertz CT molecular complexity index is 1810. The highest BCUT2D eigenvalue weighted by Crippen LogP contribution is 2.49. The molecule has 0 saturated carbocycles. The number of halogens is 2. The third-order valence-electron chi connectivity index (χ3n) is 8.33. The van der Waals surface area contributed by atoms with E-state index in [9.17, 15) is 4.79 Å². The SMILES string of the molecule is COc1cccc(C2Oc3cc(C4=CNC(C5CCCN5C(=O)OC(C)(C)C)N4)ccc3-c3c(Cl)c4cc(Cl)ccc4n32)c1. The van der Waals surface area contributed by atoms with Gasteiger partial charge in [-0.15, -0.1) is 0 Å². The van der Waals surface area contributed by atoms with Crippen molar-refractivity contribution in [3.05, 3.63) is 88.0 Å². The minimum absolute atomic E-state index is 0.0359. The maximum Gasteiger partial charge on any atom is 0.410 e. The van der Waals surface area contributed by atoms with E-state index in [-0.39, 0.29) is 18.3 Å². The number of nitrogens with one attached hydrogen (secondary N) is 2. The Balaban J connectivity index is 1.23. The Hall–Kier alpha value is -4.01. The Morgan fingerprint density at radius 3 is 2.70 bits per heavy atom. The third-order valence-corrected chi connectivity index (χ3v) is 8.95. The molecular weight excluding hydrogens is 599 g/mol. The smallest absolute Gasteiger partial charge is 0.410 e. The molecule has 1 aromatic heterocycles. The highest BCUT2D eigenvalue weighted by Gasteiger charge is 2.39. The van der Waals surface area contributed by atoms with Crippen LogP contribution in [-0.4, -0.2) is 47.0 Å². The van der Waals surface area contributed by atoms with E-state index < -0.39 is 11.8 Å². The zero-order chi connectivity index (χ0) is 30.7. The van der Waals surface area contributed by atoms with Crippen molar-refractivity contribution in [1.82, 2.24) is 20.1 Å². The molecule has 3 unspecified atom stereocenters. The number of aromatic nitrogens is 1. The van der Waals surface area contributed by atoms with Gasteiger partial charge in [0.15, 0.2) is 0 Å². The van der Waals surface area contributed by atoms with Crippen LogP contribution in [0.1, 0.15) is 51.0 Å². The number of benzene rings is 3. The van der Waals surface area contributed by atoms with Gasteiger partial charge in [-0.25, -0.2) is 4.79 Å². The summed E-state index contributed by atoms with van der Waals surface area (Å²) in [4.78, 5) is 14.8. The number of hydrogen-bond acceptors (Lipinski definition) is 6. The number of hydrogen-bond donors (Lipinski definition) is 2. The van der Waals surface area contributed by atoms with Gasteiger partial charge in [0.05, 0.1) is 35.1 Å². The average Bonchev–Trinajstić information content (AvgIpc) is 3.74. The van der Waals surface area contributed by atoms with Crippen LogP contribution in [0.5, 0.6) is 11.5 Å². The van der Waals surface area contributed by atoms with Gasteiger partial charge in [0.25, 0.3) is 0 Å². The highest BCUT2D eigenvalue weighted by molar-refractivity contribution is 6.39. The van der Waals surface area contributed by atoms with Crippen molar-refractivity contribution in [2.75, 3.05) is 13.7 Å². The fourth-order valence-corrected chi connectivity index (χ4v) is 6.91. The molecular formula is C34H34Cl2N4O4. The molecule has 44 heavy (non-hydrogen) atoms. The van der Waals surface area contributed by atoms with Crippen LogP contribution in [0.4, 0.5) is 4.79 Å². The van der Waals surface area contributed by atoms with Gasteiger partial charge in [0.1, 0.15) is 23.3 Å². The number of ether oxygens (including phenoxy) is 3. The fourth-order valence-electron chi connectivity index (χ4n) is 6.39. The lowest BCUT2D eigenvalue weighted by Crippen LogP contribution is -2.52. The molecule has 0 radical (unpaired) electrons. The lowest BCUT2D eigenvalue weighted by molar-refractivity contribution is 0.0196. The first-order chi connectivity index (χ1) is 21.1. The van der Waals surface area contributed by atoms with Crippen LogP contribution in [0.3, 0.4) is 0 Å². The van der Waals surface area contributed by atoms with Crippen LogP contribution in [0.15, 0.2) is 66.9 Å². The van der Waals surface area contributed by atoms with Gasteiger partial charge in [0, 0.05) is 39.8 Å². The minimum atomic E-state index is -0.545. The topological polar surface area (TPSA) is 77.0 Å². The summed E-state index contributed by atoms with van der Waals surface area (Å²) in [6, 6.07) is 19.7. The van der Waals surface area contributed by atoms with Crippen LogP contribution in [-0.2, 0) is 4.74 Å². The van der Waals surface area contributed by atoms with Gasteiger partial charge < -0.3 is 29.7 Å². The van der Waals surface area contributed by atoms with Gasteiger partial charge in [-0.2, -0.15) is 0 Å². The number of methoxy groups -OCH3 is 1. The van der Waals surface area contributed by atoms with E-state index in [2.05, 4.69) is 21.3 Å². The molecule has 3 aromatic carbocycles. The number of carbonyl (C=O) groups excluding carboxylic acids is 1. The summed E-state index contributed by atoms with van der Waals surface area (Å²) in [5.41, 5.74) is 4.93. The van der Waals surface area contributed by atoms with E-state index in [1.165, 1.54) is 0 Å². The summed E-state index contributed by atoms with van der Waals surface area (Å²) in [5.74, 6) is 1.45. The molecule has 7 rings (SSSR count). The molecule has 4 aromatic rings. The maximum absolute atomic E-state index is 12.9. The first-order valence-corrected chi connectivity index (χ1v) is 15.5. The Morgan fingerprint density at radius 2 is 1.91 bits per heavy atom. The Kier molecular flexibility index (Phi) is 7.09. The highest BCUT2D eigenvalue weighted by atomic mass is 35.5. The van der Waals surface area contributed by atoms with E-state index in [1.54, 1.807) is 7.11 Å².